The summed E-state index contributed by atoms with van der Waals surface area (Å²) in [6.45, 7) is 0. The van der Waals surface area contributed by atoms with Gasteiger partial charge in [-0.15, -0.1) is 0 Å². The standard InChI is InChI=1S/C16H11N3O2/c1-21-16(20)15(19-18)14-5-3-2-4-13(14)12-8-6-11(10-17)7-9-12/h2-9H,1H3. The first-order chi connectivity index (χ1) is 10.2. The van der Waals surface area contributed by atoms with Gasteiger partial charge < -0.3 is 10.3 Å². The van der Waals surface area contributed by atoms with Gasteiger partial charge in [-0.3, -0.25) is 0 Å². The van der Waals surface area contributed by atoms with E-state index in [2.05, 4.69) is 9.53 Å². The van der Waals surface area contributed by atoms with Crippen molar-refractivity contribution in [3.63, 3.8) is 0 Å². The van der Waals surface area contributed by atoms with E-state index in [0.29, 0.717) is 16.7 Å². The van der Waals surface area contributed by atoms with E-state index in [4.69, 9.17) is 10.8 Å². The predicted octanol–water partition coefficient (Wildman–Crippen LogP) is 2.42. The summed E-state index contributed by atoms with van der Waals surface area (Å²) in [5, 5.41) is 8.82. The molecule has 0 spiro atoms. The lowest BCUT2D eigenvalue weighted by Gasteiger charge is -2.06. The minimum atomic E-state index is -0.724. The first-order valence-corrected chi connectivity index (χ1v) is 6.11. The van der Waals surface area contributed by atoms with E-state index in [0.717, 1.165) is 5.56 Å². The van der Waals surface area contributed by atoms with E-state index < -0.39 is 5.97 Å². The Morgan fingerprint density at radius 1 is 1.19 bits per heavy atom. The Hall–Kier alpha value is -3.22. The zero-order chi connectivity index (χ0) is 15.2. The van der Waals surface area contributed by atoms with Gasteiger partial charge in [0.15, 0.2) is 0 Å². The fourth-order valence-corrected chi connectivity index (χ4v) is 1.97. The molecule has 2 aromatic carbocycles. The summed E-state index contributed by atoms with van der Waals surface area (Å²) < 4.78 is 4.61. The van der Waals surface area contributed by atoms with E-state index in [1.165, 1.54) is 7.11 Å². The maximum atomic E-state index is 11.7. The maximum Gasteiger partial charge on any atom is 0.422 e. The molecule has 0 aliphatic carbocycles. The van der Waals surface area contributed by atoms with E-state index in [-0.39, 0.29) is 5.71 Å². The van der Waals surface area contributed by atoms with Crippen LogP contribution in [0.1, 0.15) is 11.1 Å². The third kappa shape index (κ3) is 2.86. The number of hydrogen-bond acceptors (Lipinski definition) is 3. The molecule has 5 heteroatoms. The average molecular weight is 277 g/mol. The van der Waals surface area contributed by atoms with Gasteiger partial charge in [-0.05, 0) is 29.3 Å². The van der Waals surface area contributed by atoms with Crippen molar-refractivity contribution in [2.45, 2.75) is 0 Å². The van der Waals surface area contributed by atoms with Crippen molar-refractivity contribution in [3.8, 4) is 17.2 Å². The van der Waals surface area contributed by atoms with Crippen LogP contribution in [0.5, 0.6) is 0 Å². The number of carbonyl (C=O) groups excluding carboxylic acids is 1. The van der Waals surface area contributed by atoms with Crippen molar-refractivity contribution >= 4 is 11.7 Å². The molecule has 0 aromatic heterocycles. The Kier molecular flexibility index (Phi) is 4.25. The van der Waals surface area contributed by atoms with E-state index in [9.17, 15) is 4.79 Å². The fourth-order valence-electron chi connectivity index (χ4n) is 1.97. The first-order valence-electron chi connectivity index (χ1n) is 6.11. The summed E-state index contributed by atoms with van der Waals surface area (Å²) in [6, 6.07) is 15.9. The van der Waals surface area contributed by atoms with Gasteiger partial charge in [0.2, 0.25) is 0 Å². The quantitative estimate of drug-likeness (QED) is 0.373. The number of ether oxygens (including phenoxy) is 1. The second kappa shape index (κ2) is 6.29. The number of nitriles is 1. The summed E-state index contributed by atoms with van der Waals surface area (Å²) in [7, 11) is 1.22. The number of carbonyl (C=O) groups is 1. The van der Waals surface area contributed by atoms with Crippen LogP contribution in [0.15, 0.2) is 48.5 Å². The van der Waals surface area contributed by atoms with Crippen molar-refractivity contribution in [3.05, 3.63) is 65.2 Å². The van der Waals surface area contributed by atoms with Gasteiger partial charge in [-0.1, -0.05) is 30.3 Å². The van der Waals surface area contributed by atoms with Crippen LogP contribution in [0.2, 0.25) is 0 Å². The highest BCUT2D eigenvalue weighted by atomic mass is 16.5. The molecule has 0 N–H and O–H groups in total. The molecule has 21 heavy (non-hydrogen) atoms. The fraction of sp³-hybridized carbons (Fsp3) is 0.0625. The first kappa shape index (κ1) is 14.2. The van der Waals surface area contributed by atoms with Gasteiger partial charge in [0.05, 0.1) is 24.3 Å². The van der Waals surface area contributed by atoms with E-state index in [1.54, 1.807) is 42.5 Å². The summed E-state index contributed by atoms with van der Waals surface area (Å²) in [5.41, 5.74) is 11.4. The third-order valence-corrected chi connectivity index (χ3v) is 2.99. The second-order valence-electron chi connectivity index (χ2n) is 4.17. The molecule has 0 radical (unpaired) electrons. The Bertz CT molecular complexity index is 767. The largest absolute Gasteiger partial charge is 0.460 e. The lowest BCUT2D eigenvalue weighted by atomic mass is 9.96. The summed E-state index contributed by atoms with van der Waals surface area (Å²) in [5.74, 6) is -0.724. The predicted molar refractivity (Wildman–Crippen MR) is 76.3 cm³/mol. The molecule has 2 aromatic rings. The summed E-state index contributed by atoms with van der Waals surface area (Å²) >= 11 is 0. The Morgan fingerprint density at radius 2 is 1.86 bits per heavy atom. The minimum absolute atomic E-state index is 0.169. The number of esters is 1. The molecule has 0 bridgehead atoms. The average Bonchev–Trinajstić information content (AvgIpc) is 2.56. The van der Waals surface area contributed by atoms with E-state index in [1.807, 2.05) is 12.1 Å². The number of methoxy groups -OCH3 is 1. The molecule has 102 valence electrons. The molecule has 0 heterocycles. The SMILES string of the molecule is COC(=O)C(=[N+]=[N-])c1ccccc1-c1ccc(C#N)cc1. The van der Waals surface area contributed by atoms with Gasteiger partial charge in [-0.25, -0.2) is 4.79 Å². The Labute approximate surface area is 121 Å². The van der Waals surface area contributed by atoms with E-state index >= 15 is 0 Å². The molecule has 0 atom stereocenters. The van der Waals surface area contributed by atoms with Crippen LogP contribution >= 0.6 is 0 Å². The monoisotopic (exact) mass is 277 g/mol. The van der Waals surface area contributed by atoms with Crippen LogP contribution < -0.4 is 0 Å². The molecule has 5 nitrogen and oxygen atoms in total. The zero-order valence-corrected chi connectivity index (χ0v) is 11.3. The van der Waals surface area contributed by atoms with Crippen LogP contribution in [-0.2, 0) is 9.53 Å². The number of rotatable bonds is 3. The topological polar surface area (TPSA) is 86.5 Å². The van der Waals surface area contributed by atoms with Crippen molar-refractivity contribution in [1.29, 1.82) is 5.26 Å². The van der Waals surface area contributed by atoms with Gasteiger partial charge in [0.25, 0.3) is 0 Å². The molecule has 0 aliphatic rings. The smallest absolute Gasteiger partial charge is 0.422 e. The second-order valence-corrected chi connectivity index (χ2v) is 4.17. The highest BCUT2D eigenvalue weighted by Crippen LogP contribution is 2.24. The maximum absolute atomic E-state index is 11.7. The number of hydrogen-bond donors (Lipinski definition) is 0. The highest BCUT2D eigenvalue weighted by Gasteiger charge is 2.26. The molecule has 0 saturated heterocycles. The van der Waals surface area contributed by atoms with Gasteiger partial charge in [0, 0.05) is 0 Å². The van der Waals surface area contributed by atoms with Crippen molar-refractivity contribution in [2.24, 2.45) is 0 Å². The zero-order valence-electron chi connectivity index (χ0n) is 11.3. The molecular weight excluding hydrogens is 266 g/mol. The van der Waals surface area contributed by atoms with Crippen molar-refractivity contribution in [2.75, 3.05) is 7.11 Å². The normalized spacial score (nSPS) is 9.33. The molecule has 0 aliphatic heterocycles. The Balaban J connectivity index is 2.58. The minimum Gasteiger partial charge on any atom is -0.460 e. The number of benzene rings is 2. The molecule has 0 fully saturated rings. The van der Waals surface area contributed by atoms with Crippen LogP contribution in [0, 0.1) is 11.3 Å². The number of nitrogens with zero attached hydrogens (tertiary/aromatic N) is 3. The highest BCUT2D eigenvalue weighted by molar-refractivity contribution is 6.42. The van der Waals surface area contributed by atoms with Gasteiger partial charge in [0.1, 0.15) is 0 Å². The van der Waals surface area contributed by atoms with Crippen LogP contribution in [0.3, 0.4) is 0 Å². The van der Waals surface area contributed by atoms with Gasteiger partial charge in [-0.2, -0.15) is 10.1 Å². The molecular formula is C16H11N3O2. The molecule has 0 unspecified atom stereocenters. The van der Waals surface area contributed by atoms with Crippen molar-refractivity contribution < 1.29 is 14.3 Å². The lowest BCUT2D eigenvalue weighted by Crippen LogP contribution is -2.19. The third-order valence-electron chi connectivity index (χ3n) is 2.99. The summed E-state index contributed by atoms with van der Waals surface area (Å²) in [6.07, 6.45) is 0. The van der Waals surface area contributed by atoms with Crippen molar-refractivity contribution in [1.82, 2.24) is 0 Å². The Morgan fingerprint density at radius 3 is 2.43 bits per heavy atom. The molecule has 0 amide bonds. The molecule has 2 rings (SSSR count). The van der Waals surface area contributed by atoms with Crippen LogP contribution in [0.4, 0.5) is 0 Å². The van der Waals surface area contributed by atoms with Crippen LogP contribution in [-0.4, -0.2) is 23.6 Å². The van der Waals surface area contributed by atoms with Gasteiger partial charge >= 0.3 is 11.7 Å². The van der Waals surface area contributed by atoms with Crippen LogP contribution in [0.25, 0.3) is 16.7 Å². The summed E-state index contributed by atoms with van der Waals surface area (Å²) in [4.78, 5) is 14.7. The lowest BCUT2D eigenvalue weighted by molar-refractivity contribution is -0.137. The molecule has 0 saturated carbocycles.